The largest absolute Gasteiger partial charge is 0.416 e. The van der Waals surface area contributed by atoms with Crippen LogP contribution in [0.4, 0.5) is 23.4 Å². The van der Waals surface area contributed by atoms with Crippen molar-refractivity contribution in [2.75, 3.05) is 0 Å². The smallest absolute Gasteiger partial charge is 0.358 e. The first-order chi connectivity index (χ1) is 9.20. The van der Waals surface area contributed by atoms with Crippen molar-refractivity contribution in [1.29, 1.82) is 0 Å². The zero-order valence-corrected chi connectivity index (χ0v) is 10.1. The van der Waals surface area contributed by atoms with Crippen molar-refractivity contribution in [2.24, 2.45) is 0 Å². The van der Waals surface area contributed by atoms with Crippen LogP contribution in [0.2, 0.25) is 5.02 Å². The summed E-state index contributed by atoms with van der Waals surface area (Å²) in [7, 11) is 0. The normalized spacial score (nSPS) is 11.7. The quantitative estimate of drug-likeness (QED) is 0.484. The van der Waals surface area contributed by atoms with Gasteiger partial charge in [0.2, 0.25) is 0 Å². The van der Waals surface area contributed by atoms with Crippen molar-refractivity contribution in [3.05, 3.63) is 50.9 Å². The maximum absolute atomic E-state index is 13.7. The standard InChI is InChI=1S/C10H4ClF4N3O2/c11-6-3-5(10(13,14)15)4-7(12)9(6)17-2-1-8(16-17)18(19)20/h1-4H. The summed E-state index contributed by atoms with van der Waals surface area (Å²) in [5.41, 5.74) is -1.75. The number of aromatic nitrogens is 2. The summed E-state index contributed by atoms with van der Waals surface area (Å²) in [6.07, 6.45) is -3.73. The van der Waals surface area contributed by atoms with Gasteiger partial charge in [-0.2, -0.15) is 13.2 Å². The molecule has 0 saturated heterocycles. The molecule has 0 N–H and O–H groups in total. The lowest BCUT2D eigenvalue weighted by molar-refractivity contribution is -0.389. The van der Waals surface area contributed by atoms with E-state index in [-0.39, 0.29) is 6.07 Å². The van der Waals surface area contributed by atoms with Crippen molar-refractivity contribution >= 4 is 17.4 Å². The van der Waals surface area contributed by atoms with Gasteiger partial charge in [0.1, 0.15) is 5.69 Å². The molecule has 106 valence electrons. The fourth-order valence-corrected chi connectivity index (χ4v) is 1.78. The average Bonchev–Trinajstić information content (AvgIpc) is 2.76. The van der Waals surface area contributed by atoms with E-state index in [1.54, 1.807) is 0 Å². The third-order valence-electron chi connectivity index (χ3n) is 2.34. The molecular weight excluding hydrogens is 306 g/mol. The molecule has 0 radical (unpaired) electrons. The summed E-state index contributed by atoms with van der Waals surface area (Å²) in [4.78, 5) is 9.63. The third-order valence-corrected chi connectivity index (χ3v) is 2.62. The lowest BCUT2D eigenvalue weighted by Crippen LogP contribution is -2.08. The predicted octanol–water partition coefficient (Wildman–Crippen LogP) is 3.59. The minimum absolute atomic E-state index is 0.245. The van der Waals surface area contributed by atoms with Crippen LogP contribution < -0.4 is 0 Å². The molecule has 2 rings (SSSR count). The fraction of sp³-hybridized carbons (Fsp3) is 0.100. The molecule has 0 bridgehead atoms. The second kappa shape index (κ2) is 4.75. The van der Waals surface area contributed by atoms with Gasteiger partial charge in [-0.05, 0) is 17.1 Å². The summed E-state index contributed by atoms with van der Waals surface area (Å²) in [5.74, 6) is -1.87. The van der Waals surface area contributed by atoms with Gasteiger partial charge in [0, 0.05) is 0 Å². The Bertz CT molecular complexity index is 660. The first kappa shape index (κ1) is 14.3. The summed E-state index contributed by atoms with van der Waals surface area (Å²) in [5, 5.41) is 13.3. The van der Waals surface area contributed by atoms with E-state index >= 15 is 0 Å². The molecule has 0 spiro atoms. The van der Waals surface area contributed by atoms with Crippen LogP contribution in [0.15, 0.2) is 24.4 Å². The van der Waals surface area contributed by atoms with Crippen LogP contribution in [0.3, 0.4) is 0 Å². The van der Waals surface area contributed by atoms with E-state index < -0.39 is 39.0 Å². The van der Waals surface area contributed by atoms with E-state index in [0.717, 1.165) is 12.3 Å². The zero-order valence-electron chi connectivity index (χ0n) is 9.36. The molecule has 0 aliphatic heterocycles. The van der Waals surface area contributed by atoms with Gasteiger partial charge in [-0.3, -0.25) is 0 Å². The summed E-state index contributed by atoms with van der Waals surface area (Å²) >= 11 is 5.59. The van der Waals surface area contributed by atoms with Crippen LogP contribution in [0.25, 0.3) is 5.69 Å². The van der Waals surface area contributed by atoms with E-state index in [1.807, 2.05) is 0 Å². The van der Waals surface area contributed by atoms with Gasteiger partial charge in [0.15, 0.2) is 5.82 Å². The maximum Gasteiger partial charge on any atom is 0.416 e. The Kier molecular flexibility index (Phi) is 3.38. The minimum Gasteiger partial charge on any atom is -0.358 e. The Morgan fingerprint density at radius 2 is 2.00 bits per heavy atom. The van der Waals surface area contributed by atoms with E-state index in [2.05, 4.69) is 5.10 Å². The van der Waals surface area contributed by atoms with Gasteiger partial charge in [-0.1, -0.05) is 11.6 Å². The molecule has 0 aliphatic rings. The van der Waals surface area contributed by atoms with Crippen LogP contribution >= 0.6 is 11.6 Å². The highest BCUT2D eigenvalue weighted by molar-refractivity contribution is 6.32. The van der Waals surface area contributed by atoms with Crippen LogP contribution in [-0.2, 0) is 6.18 Å². The van der Waals surface area contributed by atoms with Crippen LogP contribution in [0.5, 0.6) is 0 Å². The number of benzene rings is 1. The molecule has 2 aromatic rings. The Labute approximate surface area is 113 Å². The van der Waals surface area contributed by atoms with Crippen molar-refractivity contribution in [1.82, 2.24) is 9.78 Å². The monoisotopic (exact) mass is 309 g/mol. The van der Waals surface area contributed by atoms with Crippen molar-refractivity contribution in [2.45, 2.75) is 6.18 Å². The van der Waals surface area contributed by atoms with Crippen molar-refractivity contribution < 1.29 is 22.5 Å². The highest BCUT2D eigenvalue weighted by Gasteiger charge is 2.33. The van der Waals surface area contributed by atoms with Gasteiger partial charge >= 0.3 is 12.0 Å². The van der Waals surface area contributed by atoms with Gasteiger partial charge in [-0.15, -0.1) is 4.68 Å². The van der Waals surface area contributed by atoms with Gasteiger partial charge in [0.25, 0.3) is 0 Å². The molecule has 0 aliphatic carbocycles. The summed E-state index contributed by atoms with van der Waals surface area (Å²) in [6, 6.07) is 1.73. The summed E-state index contributed by atoms with van der Waals surface area (Å²) in [6.45, 7) is 0. The number of nitro groups is 1. The highest BCUT2D eigenvalue weighted by atomic mass is 35.5. The third kappa shape index (κ3) is 2.57. The molecular formula is C10H4ClF4N3O2. The van der Waals surface area contributed by atoms with Crippen molar-refractivity contribution in [3.63, 3.8) is 0 Å². The second-order valence-corrected chi connectivity index (χ2v) is 4.07. The number of nitrogens with zero attached hydrogens (tertiary/aromatic N) is 3. The Hall–Kier alpha value is -2.16. The topological polar surface area (TPSA) is 61.0 Å². The second-order valence-electron chi connectivity index (χ2n) is 3.66. The van der Waals surface area contributed by atoms with Gasteiger partial charge < -0.3 is 10.1 Å². The van der Waals surface area contributed by atoms with E-state index in [4.69, 9.17) is 11.6 Å². The molecule has 20 heavy (non-hydrogen) atoms. The molecule has 5 nitrogen and oxygen atoms in total. The molecule has 0 amide bonds. The van der Waals surface area contributed by atoms with E-state index in [1.165, 1.54) is 0 Å². The Balaban J connectivity index is 2.55. The van der Waals surface area contributed by atoms with E-state index in [0.29, 0.717) is 10.7 Å². The van der Waals surface area contributed by atoms with Crippen LogP contribution in [0.1, 0.15) is 5.56 Å². The van der Waals surface area contributed by atoms with Gasteiger partial charge in [-0.25, -0.2) is 4.39 Å². The number of hydrogen-bond acceptors (Lipinski definition) is 3. The Morgan fingerprint density at radius 3 is 2.45 bits per heavy atom. The number of hydrogen-bond donors (Lipinski definition) is 0. The molecule has 1 heterocycles. The summed E-state index contributed by atoms with van der Waals surface area (Å²) < 4.78 is 51.8. The fourth-order valence-electron chi connectivity index (χ4n) is 1.48. The number of alkyl halides is 3. The number of rotatable bonds is 2. The molecule has 0 fully saturated rings. The SMILES string of the molecule is O=[N+]([O-])c1ccn(-c2c(F)cc(C(F)(F)F)cc2Cl)n1. The lowest BCUT2D eigenvalue weighted by Gasteiger charge is -2.09. The minimum atomic E-state index is -4.75. The zero-order chi connectivity index (χ0) is 15.1. The van der Waals surface area contributed by atoms with Crippen LogP contribution in [0, 0.1) is 15.9 Å². The highest BCUT2D eigenvalue weighted by Crippen LogP contribution is 2.34. The van der Waals surface area contributed by atoms with Crippen LogP contribution in [-0.4, -0.2) is 14.7 Å². The molecule has 0 unspecified atom stereocenters. The number of halogens is 5. The van der Waals surface area contributed by atoms with Crippen molar-refractivity contribution in [3.8, 4) is 5.69 Å². The predicted molar refractivity (Wildman–Crippen MR) is 60.2 cm³/mol. The maximum atomic E-state index is 13.7. The molecule has 0 saturated carbocycles. The molecule has 10 heteroatoms. The Morgan fingerprint density at radius 1 is 1.35 bits per heavy atom. The lowest BCUT2D eigenvalue weighted by atomic mass is 10.2. The molecule has 0 atom stereocenters. The molecule has 1 aromatic carbocycles. The average molecular weight is 310 g/mol. The first-order valence-corrected chi connectivity index (χ1v) is 5.34. The first-order valence-electron chi connectivity index (χ1n) is 4.97. The molecule has 1 aromatic heterocycles. The van der Waals surface area contributed by atoms with Gasteiger partial charge in [0.05, 0.1) is 27.9 Å². The van der Waals surface area contributed by atoms with E-state index in [9.17, 15) is 27.7 Å².